The molecule has 0 unspecified atom stereocenters. The number of aliphatic hydroxyl groups is 1. The Morgan fingerprint density at radius 3 is 2.45 bits per heavy atom. The van der Waals surface area contributed by atoms with Crippen LogP contribution in [0, 0.1) is 5.82 Å². The van der Waals surface area contributed by atoms with Gasteiger partial charge in [0.25, 0.3) is 18.2 Å². The summed E-state index contributed by atoms with van der Waals surface area (Å²) in [5.74, 6) is -1.57. The van der Waals surface area contributed by atoms with E-state index >= 15 is 0 Å². The van der Waals surface area contributed by atoms with Gasteiger partial charge in [-0.1, -0.05) is 23.7 Å². The lowest BCUT2D eigenvalue weighted by molar-refractivity contribution is -0.152. The molecule has 0 aromatic heterocycles. The van der Waals surface area contributed by atoms with Gasteiger partial charge in [-0.05, 0) is 55.7 Å². The second kappa shape index (κ2) is 12.6. The molecule has 7 nitrogen and oxygen atoms in total. The minimum absolute atomic E-state index is 0. The van der Waals surface area contributed by atoms with Crippen LogP contribution in [0.1, 0.15) is 35.7 Å². The van der Waals surface area contributed by atoms with Gasteiger partial charge in [0.05, 0.1) is 23.2 Å². The zero-order valence-corrected chi connectivity index (χ0v) is 22.6. The fourth-order valence-electron chi connectivity index (χ4n) is 4.85. The Labute approximate surface area is 231 Å². The minimum Gasteiger partial charge on any atom is -0.380 e. The SMILES string of the molecule is C[C@@](O)(C(=O)N1CCC(N2CC(Nc3ccc(C(=O)NCC(F)F)c(Cl)c3)C2)CC1)c1cccc(F)c1.S. The molecule has 2 saturated heterocycles. The molecule has 0 aliphatic carbocycles. The lowest BCUT2D eigenvalue weighted by Crippen LogP contribution is -2.61. The lowest BCUT2D eigenvalue weighted by Gasteiger charge is -2.48. The Balaban J connectivity index is 0.00000400. The van der Waals surface area contributed by atoms with E-state index in [2.05, 4.69) is 15.5 Å². The highest BCUT2D eigenvalue weighted by atomic mass is 35.5. The number of hydrogen-bond donors (Lipinski definition) is 3. The maximum absolute atomic E-state index is 13.6. The third-order valence-corrected chi connectivity index (χ3v) is 7.30. The van der Waals surface area contributed by atoms with E-state index < -0.39 is 36.2 Å². The van der Waals surface area contributed by atoms with Crippen molar-refractivity contribution in [1.82, 2.24) is 15.1 Å². The highest BCUT2D eigenvalue weighted by Crippen LogP contribution is 2.29. The largest absolute Gasteiger partial charge is 0.380 e. The van der Waals surface area contributed by atoms with Crippen LogP contribution in [0.3, 0.4) is 0 Å². The summed E-state index contributed by atoms with van der Waals surface area (Å²) >= 11 is 6.19. The van der Waals surface area contributed by atoms with Gasteiger partial charge in [0, 0.05) is 37.9 Å². The monoisotopic (exact) mass is 572 g/mol. The van der Waals surface area contributed by atoms with E-state index in [4.69, 9.17) is 11.6 Å². The molecular formula is C26H32ClF3N4O3S. The highest BCUT2D eigenvalue weighted by molar-refractivity contribution is 7.59. The van der Waals surface area contributed by atoms with Gasteiger partial charge in [0.15, 0.2) is 5.60 Å². The predicted molar refractivity (Wildman–Crippen MR) is 145 cm³/mol. The summed E-state index contributed by atoms with van der Waals surface area (Å²) in [7, 11) is 0. The van der Waals surface area contributed by atoms with Crippen LogP contribution < -0.4 is 10.6 Å². The van der Waals surface area contributed by atoms with E-state index in [9.17, 15) is 27.9 Å². The van der Waals surface area contributed by atoms with Crippen molar-refractivity contribution in [1.29, 1.82) is 0 Å². The van der Waals surface area contributed by atoms with Crippen molar-refractivity contribution in [2.45, 2.75) is 43.9 Å². The summed E-state index contributed by atoms with van der Waals surface area (Å²) in [5, 5.41) is 16.5. The molecule has 2 aliphatic heterocycles. The molecule has 38 heavy (non-hydrogen) atoms. The number of piperidine rings is 1. The van der Waals surface area contributed by atoms with Crippen molar-refractivity contribution in [3.05, 3.63) is 64.4 Å². The van der Waals surface area contributed by atoms with Gasteiger partial charge in [-0.3, -0.25) is 14.5 Å². The second-order valence-corrected chi connectivity index (χ2v) is 10.1. The van der Waals surface area contributed by atoms with E-state index in [1.54, 1.807) is 23.1 Å². The number of nitrogens with zero attached hydrogens (tertiary/aromatic N) is 2. The third kappa shape index (κ3) is 6.93. The topological polar surface area (TPSA) is 84.9 Å². The summed E-state index contributed by atoms with van der Waals surface area (Å²) in [6, 6.07) is 10.8. The number of carbonyl (C=O) groups is 2. The smallest absolute Gasteiger partial charge is 0.258 e. The van der Waals surface area contributed by atoms with Gasteiger partial charge in [-0.25, -0.2) is 13.2 Å². The van der Waals surface area contributed by atoms with Crippen molar-refractivity contribution in [3.8, 4) is 0 Å². The first-order valence-corrected chi connectivity index (χ1v) is 12.6. The first-order chi connectivity index (χ1) is 17.5. The van der Waals surface area contributed by atoms with Gasteiger partial charge >= 0.3 is 0 Å². The molecule has 2 aromatic carbocycles. The van der Waals surface area contributed by atoms with Gasteiger partial charge in [-0.2, -0.15) is 13.5 Å². The van der Waals surface area contributed by atoms with E-state index in [0.29, 0.717) is 19.1 Å². The highest BCUT2D eigenvalue weighted by Gasteiger charge is 2.40. The fraction of sp³-hybridized carbons (Fsp3) is 0.462. The zero-order valence-electron chi connectivity index (χ0n) is 20.9. The average Bonchev–Trinajstić information content (AvgIpc) is 2.84. The van der Waals surface area contributed by atoms with Crippen molar-refractivity contribution < 1.29 is 27.9 Å². The lowest BCUT2D eigenvalue weighted by atomic mass is 9.92. The quantitative estimate of drug-likeness (QED) is 0.450. The van der Waals surface area contributed by atoms with Gasteiger partial charge in [-0.15, -0.1) is 0 Å². The predicted octanol–water partition coefficient (Wildman–Crippen LogP) is 3.58. The van der Waals surface area contributed by atoms with Crippen molar-refractivity contribution in [3.63, 3.8) is 0 Å². The molecule has 3 N–H and O–H groups in total. The van der Waals surface area contributed by atoms with Crippen molar-refractivity contribution in [2.75, 3.05) is 38.0 Å². The summed E-state index contributed by atoms with van der Waals surface area (Å²) in [6.07, 6.45) is -1.09. The number of nitrogens with one attached hydrogen (secondary N) is 2. The maximum Gasteiger partial charge on any atom is 0.258 e. The van der Waals surface area contributed by atoms with Gasteiger partial charge < -0.3 is 20.6 Å². The molecule has 2 heterocycles. The molecule has 0 radical (unpaired) electrons. The zero-order chi connectivity index (χ0) is 26.7. The van der Waals surface area contributed by atoms with Gasteiger partial charge in [0.2, 0.25) is 0 Å². The molecule has 12 heteroatoms. The Morgan fingerprint density at radius 1 is 1.16 bits per heavy atom. The number of benzene rings is 2. The molecule has 1 atom stereocenters. The number of carbonyl (C=O) groups excluding carboxylic acids is 2. The average molecular weight is 573 g/mol. The Hall–Kier alpha value is -2.47. The molecule has 0 saturated carbocycles. The van der Waals surface area contributed by atoms with E-state index in [1.165, 1.54) is 31.2 Å². The maximum atomic E-state index is 13.6. The van der Waals surface area contributed by atoms with Crippen LogP contribution in [0.5, 0.6) is 0 Å². The van der Waals surface area contributed by atoms with E-state index in [0.717, 1.165) is 31.6 Å². The number of likely N-dealkylation sites (tertiary alicyclic amines) is 2. The second-order valence-electron chi connectivity index (χ2n) is 9.70. The van der Waals surface area contributed by atoms with Crippen molar-refractivity contribution in [2.24, 2.45) is 0 Å². The van der Waals surface area contributed by atoms with E-state index in [1.807, 2.05) is 0 Å². The standard InChI is InChI=1S/C26H30ClF3N4O3.H2S/c1-26(37,16-3-2-4-17(28)11-16)25(36)33-9-7-20(8-10-33)34-14-19(15-34)32-18-5-6-21(22(27)12-18)24(35)31-13-23(29)30;/h2-6,11-12,19-20,23,32,37H,7-10,13-15H2,1H3,(H,31,35);1H2/t26-;/m0./s1. The molecule has 0 spiro atoms. The molecule has 2 aromatic rings. The van der Waals surface area contributed by atoms with Crippen LogP contribution in [0.15, 0.2) is 42.5 Å². The summed E-state index contributed by atoms with van der Waals surface area (Å²) in [6.45, 7) is 3.28. The normalized spacial score (nSPS) is 18.3. The number of halogens is 4. The molecule has 2 fully saturated rings. The van der Waals surface area contributed by atoms with Crippen molar-refractivity contribution >= 4 is 42.6 Å². The van der Waals surface area contributed by atoms with Crippen LogP contribution in [-0.4, -0.2) is 78.0 Å². The number of anilines is 1. The molecule has 0 bridgehead atoms. The summed E-state index contributed by atoms with van der Waals surface area (Å²) in [4.78, 5) is 28.9. The molecule has 4 rings (SSSR count). The summed E-state index contributed by atoms with van der Waals surface area (Å²) < 4.78 is 38.2. The van der Waals surface area contributed by atoms with Crippen LogP contribution in [-0.2, 0) is 10.4 Å². The van der Waals surface area contributed by atoms with Crippen LogP contribution in [0.4, 0.5) is 18.9 Å². The van der Waals surface area contributed by atoms with E-state index in [-0.39, 0.29) is 35.7 Å². The van der Waals surface area contributed by atoms with Crippen LogP contribution in [0.25, 0.3) is 0 Å². The Morgan fingerprint density at radius 2 is 1.84 bits per heavy atom. The Kier molecular flexibility index (Phi) is 9.96. The fourth-order valence-corrected chi connectivity index (χ4v) is 5.12. The number of hydrogen-bond acceptors (Lipinski definition) is 5. The number of rotatable bonds is 8. The molecule has 2 amide bonds. The molecular weight excluding hydrogens is 541 g/mol. The van der Waals surface area contributed by atoms with Gasteiger partial charge in [0.1, 0.15) is 5.82 Å². The first kappa shape index (κ1) is 30.1. The molecule has 208 valence electrons. The third-order valence-electron chi connectivity index (χ3n) is 6.98. The van der Waals surface area contributed by atoms with Crippen LogP contribution >= 0.6 is 25.1 Å². The number of amides is 2. The summed E-state index contributed by atoms with van der Waals surface area (Å²) in [5.41, 5.74) is -0.680. The molecule has 2 aliphatic rings. The first-order valence-electron chi connectivity index (χ1n) is 12.2. The Bertz CT molecular complexity index is 1140. The number of alkyl halides is 2. The minimum atomic E-state index is -2.63. The van der Waals surface area contributed by atoms with Crippen LogP contribution in [0.2, 0.25) is 5.02 Å².